The molecule has 0 aliphatic heterocycles. The summed E-state index contributed by atoms with van der Waals surface area (Å²) in [6.07, 6.45) is 3.51. The van der Waals surface area contributed by atoms with E-state index >= 15 is 0 Å². The van der Waals surface area contributed by atoms with Crippen molar-refractivity contribution >= 4 is 11.8 Å². The molecule has 0 aliphatic rings. The number of Topliss-reactive ketones (excluding diaryl/α,β-unsaturated/α-hetero) is 1. The Morgan fingerprint density at radius 2 is 1.80 bits per heavy atom. The van der Waals surface area contributed by atoms with Crippen molar-refractivity contribution in [3.63, 3.8) is 0 Å². The lowest BCUT2D eigenvalue weighted by atomic mass is 9.81. The minimum Gasteiger partial charge on any atom is -0.460 e. The predicted molar refractivity (Wildman–Crippen MR) is 79.2 cm³/mol. The van der Waals surface area contributed by atoms with Crippen LogP contribution in [0.1, 0.15) is 52.0 Å². The molecule has 1 atom stereocenters. The van der Waals surface area contributed by atoms with Crippen LogP contribution in [0.3, 0.4) is 0 Å². The van der Waals surface area contributed by atoms with Gasteiger partial charge >= 0.3 is 5.97 Å². The Labute approximate surface area is 121 Å². The number of ketones is 1. The monoisotopic (exact) mass is 276 g/mol. The summed E-state index contributed by atoms with van der Waals surface area (Å²) in [5, 5.41) is 0. The van der Waals surface area contributed by atoms with Gasteiger partial charge in [0.25, 0.3) is 0 Å². The molecule has 0 bridgehead atoms. The highest BCUT2D eigenvalue weighted by atomic mass is 16.5. The number of hydrogen-bond acceptors (Lipinski definition) is 3. The molecule has 3 nitrogen and oxygen atoms in total. The lowest BCUT2D eigenvalue weighted by Gasteiger charge is -2.24. The Hall–Kier alpha value is -1.64. The van der Waals surface area contributed by atoms with Crippen molar-refractivity contribution in [2.75, 3.05) is 0 Å². The smallest absolute Gasteiger partial charge is 0.319 e. The highest BCUT2D eigenvalue weighted by Gasteiger charge is 2.39. The lowest BCUT2D eigenvalue weighted by Crippen LogP contribution is -2.36. The Bertz CT molecular complexity index is 439. The molecule has 1 aromatic carbocycles. The van der Waals surface area contributed by atoms with Crippen LogP contribution in [0.25, 0.3) is 0 Å². The molecular weight excluding hydrogens is 252 g/mol. The van der Waals surface area contributed by atoms with Gasteiger partial charge in [0, 0.05) is 0 Å². The van der Waals surface area contributed by atoms with Crippen LogP contribution in [0.4, 0.5) is 0 Å². The molecule has 20 heavy (non-hydrogen) atoms. The molecule has 0 fully saturated rings. The minimum absolute atomic E-state index is 0.119. The van der Waals surface area contributed by atoms with E-state index in [9.17, 15) is 9.59 Å². The van der Waals surface area contributed by atoms with Gasteiger partial charge in [-0.15, -0.1) is 0 Å². The van der Waals surface area contributed by atoms with E-state index in [1.807, 2.05) is 30.3 Å². The van der Waals surface area contributed by atoms with E-state index in [-0.39, 0.29) is 12.4 Å². The fourth-order valence-corrected chi connectivity index (χ4v) is 2.03. The van der Waals surface area contributed by atoms with Crippen LogP contribution in [0, 0.1) is 5.41 Å². The topological polar surface area (TPSA) is 43.4 Å². The molecule has 0 saturated heterocycles. The summed E-state index contributed by atoms with van der Waals surface area (Å²) < 4.78 is 5.33. The second-order valence-corrected chi connectivity index (χ2v) is 5.41. The van der Waals surface area contributed by atoms with Gasteiger partial charge in [0.05, 0.1) is 0 Å². The number of carbonyl (C=O) groups is 2. The van der Waals surface area contributed by atoms with E-state index in [0.29, 0.717) is 6.42 Å². The molecule has 0 aromatic heterocycles. The van der Waals surface area contributed by atoms with Crippen molar-refractivity contribution in [1.82, 2.24) is 0 Å². The third-order valence-corrected chi connectivity index (χ3v) is 3.72. The average molecular weight is 276 g/mol. The second-order valence-electron chi connectivity index (χ2n) is 5.41. The quantitative estimate of drug-likeness (QED) is 0.411. The van der Waals surface area contributed by atoms with Gasteiger partial charge in [-0.1, -0.05) is 56.5 Å². The fourth-order valence-electron chi connectivity index (χ4n) is 2.03. The fraction of sp³-hybridized carbons (Fsp3) is 0.529. The standard InChI is InChI=1S/C17H24O3/c1-4-5-9-12-17(3,14(2)18)16(19)20-13-15-10-7-6-8-11-15/h6-8,10-11H,4-5,9,12-13H2,1-3H3. The van der Waals surface area contributed by atoms with E-state index in [1.54, 1.807) is 6.92 Å². The predicted octanol–water partition coefficient (Wildman–Crippen LogP) is 3.91. The summed E-state index contributed by atoms with van der Waals surface area (Å²) in [5.41, 5.74) is -0.0791. The van der Waals surface area contributed by atoms with Gasteiger partial charge in [-0.3, -0.25) is 9.59 Å². The second kappa shape index (κ2) is 7.83. The van der Waals surface area contributed by atoms with Gasteiger partial charge in [0.2, 0.25) is 0 Å². The summed E-state index contributed by atoms with van der Waals surface area (Å²) in [5.74, 6) is -0.531. The maximum atomic E-state index is 12.2. The van der Waals surface area contributed by atoms with Gasteiger partial charge in [-0.25, -0.2) is 0 Å². The summed E-state index contributed by atoms with van der Waals surface area (Å²) in [6, 6.07) is 9.50. The largest absolute Gasteiger partial charge is 0.460 e. The number of benzene rings is 1. The molecule has 0 aliphatic carbocycles. The maximum Gasteiger partial charge on any atom is 0.319 e. The molecule has 0 amide bonds. The van der Waals surface area contributed by atoms with Crippen molar-refractivity contribution in [3.8, 4) is 0 Å². The Morgan fingerprint density at radius 3 is 2.35 bits per heavy atom. The Morgan fingerprint density at radius 1 is 1.15 bits per heavy atom. The normalized spacial score (nSPS) is 13.6. The Kier molecular flexibility index (Phi) is 6.43. The number of ether oxygens (including phenoxy) is 1. The van der Waals surface area contributed by atoms with Crippen LogP contribution >= 0.6 is 0 Å². The molecule has 0 N–H and O–H groups in total. The van der Waals surface area contributed by atoms with Crippen molar-refractivity contribution in [2.45, 2.75) is 53.1 Å². The van der Waals surface area contributed by atoms with Gasteiger partial charge < -0.3 is 4.74 Å². The minimum atomic E-state index is -1.01. The first-order valence-corrected chi connectivity index (χ1v) is 7.23. The van der Waals surface area contributed by atoms with Crippen LogP contribution in [0.5, 0.6) is 0 Å². The Balaban J connectivity index is 2.62. The zero-order valence-corrected chi connectivity index (χ0v) is 12.6. The van der Waals surface area contributed by atoms with Crippen LogP contribution in [-0.2, 0) is 20.9 Å². The number of unbranched alkanes of at least 4 members (excludes halogenated alkanes) is 2. The number of esters is 1. The third-order valence-electron chi connectivity index (χ3n) is 3.72. The van der Waals surface area contributed by atoms with E-state index in [2.05, 4.69) is 6.92 Å². The highest BCUT2D eigenvalue weighted by Crippen LogP contribution is 2.28. The number of carbonyl (C=O) groups excluding carboxylic acids is 2. The molecule has 110 valence electrons. The van der Waals surface area contributed by atoms with Crippen molar-refractivity contribution in [2.24, 2.45) is 5.41 Å². The van der Waals surface area contributed by atoms with E-state index in [1.165, 1.54) is 6.92 Å². The first kappa shape index (κ1) is 16.4. The van der Waals surface area contributed by atoms with Gasteiger partial charge in [0.1, 0.15) is 17.8 Å². The van der Waals surface area contributed by atoms with Crippen LogP contribution in [0.15, 0.2) is 30.3 Å². The molecule has 3 heteroatoms. The van der Waals surface area contributed by atoms with Gasteiger partial charge in [0.15, 0.2) is 0 Å². The van der Waals surface area contributed by atoms with Crippen molar-refractivity contribution < 1.29 is 14.3 Å². The zero-order chi connectivity index (χ0) is 15.0. The van der Waals surface area contributed by atoms with Gasteiger partial charge in [-0.05, 0) is 25.8 Å². The van der Waals surface area contributed by atoms with E-state index in [4.69, 9.17) is 4.74 Å². The van der Waals surface area contributed by atoms with Crippen molar-refractivity contribution in [3.05, 3.63) is 35.9 Å². The summed E-state index contributed by atoms with van der Waals surface area (Å²) >= 11 is 0. The maximum absolute atomic E-state index is 12.2. The zero-order valence-electron chi connectivity index (χ0n) is 12.6. The molecular formula is C17H24O3. The SMILES string of the molecule is CCCCCC(C)(C(C)=O)C(=O)OCc1ccccc1. The molecule has 0 saturated carbocycles. The van der Waals surface area contributed by atoms with Crippen LogP contribution in [-0.4, -0.2) is 11.8 Å². The lowest BCUT2D eigenvalue weighted by molar-refractivity contribution is -0.160. The molecule has 1 unspecified atom stereocenters. The van der Waals surface area contributed by atoms with Crippen LogP contribution in [0.2, 0.25) is 0 Å². The number of rotatable bonds is 8. The molecule has 0 spiro atoms. The summed E-state index contributed by atoms with van der Waals surface area (Å²) in [4.78, 5) is 24.0. The highest BCUT2D eigenvalue weighted by molar-refractivity contribution is 6.02. The van der Waals surface area contributed by atoms with Crippen molar-refractivity contribution in [1.29, 1.82) is 0 Å². The molecule has 0 heterocycles. The summed E-state index contributed by atoms with van der Waals surface area (Å²) in [7, 11) is 0. The van der Waals surface area contributed by atoms with E-state index < -0.39 is 11.4 Å². The summed E-state index contributed by atoms with van der Waals surface area (Å²) in [6.45, 7) is 5.48. The number of hydrogen-bond donors (Lipinski definition) is 0. The first-order valence-electron chi connectivity index (χ1n) is 7.23. The third kappa shape index (κ3) is 4.48. The average Bonchev–Trinajstić information content (AvgIpc) is 2.45. The van der Waals surface area contributed by atoms with E-state index in [0.717, 1.165) is 24.8 Å². The first-order chi connectivity index (χ1) is 9.50. The molecule has 0 radical (unpaired) electrons. The van der Waals surface area contributed by atoms with Crippen LogP contribution < -0.4 is 0 Å². The molecule has 1 rings (SSSR count). The van der Waals surface area contributed by atoms with Gasteiger partial charge in [-0.2, -0.15) is 0 Å². The molecule has 1 aromatic rings.